The molecular weight excluding hydrogens is 312 g/mol. The maximum atomic E-state index is 5.78. The molecule has 0 atom stereocenters. The lowest BCUT2D eigenvalue weighted by atomic mass is 10.0. The van der Waals surface area contributed by atoms with E-state index in [-0.39, 0.29) is 0 Å². The third kappa shape index (κ3) is 1.89. The first-order valence-corrected chi connectivity index (χ1v) is 8.52. The summed E-state index contributed by atoms with van der Waals surface area (Å²) in [6.45, 7) is 6.26. The van der Waals surface area contributed by atoms with E-state index >= 15 is 0 Å². The summed E-state index contributed by atoms with van der Waals surface area (Å²) in [5.41, 5.74) is 6.63. The van der Waals surface area contributed by atoms with Crippen LogP contribution in [0.2, 0.25) is 0 Å². The summed E-state index contributed by atoms with van der Waals surface area (Å²) < 4.78 is 5.78. The lowest BCUT2D eigenvalue weighted by Gasteiger charge is -2.00. The number of para-hydroxylation sites is 1. The Labute approximate surface area is 144 Å². The molecule has 5 rings (SSSR count). The van der Waals surface area contributed by atoms with Crippen LogP contribution >= 0.6 is 0 Å². The summed E-state index contributed by atoms with van der Waals surface area (Å²) in [5.74, 6) is 1.20. The number of H-pyrrole nitrogens is 2. The molecule has 0 bridgehead atoms. The van der Waals surface area contributed by atoms with Gasteiger partial charge in [-0.05, 0) is 37.1 Å². The minimum atomic E-state index is 0.550. The summed E-state index contributed by atoms with van der Waals surface area (Å²) in [5, 5.41) is 12.0. The number of hydrogen-bond acceptors (Lipinski definition) is 3. The minimum Gasteiger partial charge on any atom is -0.419 e. The van der Waals surface area contributed by atoms with Crippen LogP contribution in [0.25, 0.3) is 44.3 Å². The van der Waals surface area contributed by atoms with Crippen LogP contribution in [0.15, 0.2) is 34.7 Å². The molecule has 3 aromatic heterocycles. The molecule has 0 aliphatic carbocycles. The van der Waals surface area contributed by atoms with Crippen molar-refractivity contribution in [3.8, 4) is 11.6 Å². The number of aromatic amines is 2. The van der Waals surface area contributed by atoms with Crippen LogP contribution in [-0.2, 0) is 6.42 Å². The van der Waals surface area contributed by atoms with Crippen molar-refractivity contribution in [2.75, 3.05) is 0 Å². The molecule has 0 aliphatic heterocycles. The Kier molecular flexibility index (Phi) is 2.83. The molecule has 2 aromatic carbocycles. The molecule has 0 radical (unpaired) electrons. The molecule has 0 saturated carbocycles. The monoisotopic (exact) mass is 330 g/mol. The number of aryl methyl sites for hydroxylation is 3. The van der Waals surface area contributed by atoms with Gasteiger partial charge in [0.15, 0.2) is 0 Å². The number of rotatable bonds is 2. The summed E-state index contributed by atoms with van der Waals surface area (Å²) in [6, 6.07) is 10.6. The zero-order valence-corrected chi connectivity index (χ0v) is 14.4. The lowest BCUT2D eigenvalue weighted by molar-refractivity contribution is 0.511. The minimum absolute atomic E-state index is 0.550. The van der Waals surface area contributed by atoms with Crippen LogP contribution in [0.3, 0.4) is 0 Å². The van der Waals surface area contributed by atoms with Gasteiger partial charge < -0.3 is 14.4 Å². The zero-order chi connectivity index (χ0) is 17.1. The molecule has 0 amide bonds. The molecule has 124 valence electrons. The molecule has 0 unspecified atom stereocenters. The fourth-order valence-electron chi connectivity index (χ4n) is 3.78. The first-order chi connectivity index (χ1) is 12.2. The molecule has 5 heteroatoms. The third-order valence-electron chi connectivity index (χ3n) is 4.98. The van der Waals surface area contributed by atoms with E-state index in [4.69, 9.17) is 4.42 Å². The third-order valence-corrected chi connectivity index (χ3v) is 4.98. The van der Waals surface area contributed by atoms with Crippen LogP contribution in [0.5, 0.6) is 0 Å². The number of benzene rings is 2. The Morgan fingerprint density at radius 1 is 1.00 bits per heavy atom. The Balaban J connectivity index is 1.89. The molecule has 0 aliphatic rings. The van der Waals surface area contributed by atoms with E-state index in [1.165, 1.54) is 21.7 Å². The van der Waals surface area contributed by atoms with E-state index in [1.54, 1.807) is 0 Å². The average molecular weight is 330 g/mol. The fraction of sp³-hybridized carbons (Fsp3) is 0.200. The Hall–Kier alpha value is -3.08. The normalized spacial score (nSPS) is 12.0. The van der Waals surface area contributed by atoms with Gasteiger partial charge in [0.1, 0.15) is 5.69 Å². The maximum absolute atomic E-state index is 5.78. The van der Waals surface area contributed by atoms with Gasteiger partial charge >= 0.3 is 0 Å². The van der Waals surface area contributed by atoms with Crippen molar-refractivity contribution in [2.45, 2.75) is 27.2 Å². The van der Waals surface area contributed by atoms with Gasteiger partial charge in [-0.1, -0.05) is 25.1 Å². The Morgan fingerprint density at radius 3 is 2.64 bits per heavy atom. The van der Waals surface area contributed by atoms with Gasteiger partial charge in [-0.25, -0.2) is 0 Å². The van der Waals surface area contributed by atoms with E-state index in [9.17, 15) is 0 Å². The van der Waals surface area contributed by atoms with E-state index < -0.39 is 0 Å². The highest BCUT2D eigenvalue weighted by atomic mass is 16.4. The average Bonchev–Trinajstić information content (AvgIpc) is 3.30. The van der Waals surface area contributed by atoms with Crippen LogP contribution in [0, 0.1) is 13.8 Å². The molecule has 0 fully saturated rings. The number of hydrogen-bond donors (Lipinski definition) is 2. The van der Waals surface area contributed by atoms with Crippen LogP contribution in [0.1, 0.15) is 23.9 Å². The Bertz CT molecular complexity index is 1260. The first-order valence-electron chi connectivity index (χ1n) is 8.52. The summed E-state index contributed by atoms with van der Waals surface area (Å²) in [4.78, 5) is 7.09. The topological polar surface area (TPSA) is 70.5 Å². The van der Waals surface area contributed by atoms with Crippen LogP contribution in [0.4, 0.5) is 0 Å². The van der Waals surface area contributed by atoms with Crippen LogP contribution in [-0.4, -0.2) is 20.2 Å². The van der Waals surface area contributed by atoms with Gasteiger partial charge in [-0.3, -0.25) is 0 Å². The first kappa shape index (κ1) is 14.3. The molecule has 0 saturated heterocycles. The highest BCUT2D eigenvalue weighted by Gasteiger charge is 2.19. The van der Waals surface area contributed by atoms with E-state index in [1.807, 2.05) is 6.92 Å². The predicted octanol–water partition coefficient (Wildman–Crippen LogP) is 5.03. The summed E-state index contributed by atoms with van der Waals surface area (Å²) >= 11 is 0. The Morgan fingerprint density at radius 2 is 1.84 bits per heavy atom. The van der Waals surface area contributed by atoms with Gasteiger partial charge in [-0.2, -0.15) is 0 Å². The summed E-state index contributed by atoms with van der Waals surface area (Å²) in [7, 11) is 0. The standard InChI is InChI=1S/C20H18N4O/c1-4-15-23-24-20(25-15)17-11(3)16-10(2)9-13-12-7-5-6-8-14(12)21-18(13)19(16)22-17/h5-9,21-22H,4H2,1-3H3. The molecular formula is C20H18N4O. The van der Waals surface area contributed by atoms with E-state index in [0.717, 1.165) is 34.2 Å². The zero-order valence-electron chi connectivity index (χ0n) is 14.4. The van der Waals surface area contributed by atoms with Crippen molar-refractivity contribution in [1.82, 2.24) is 20.2 Å². The predicted molar refractivity (Wildman–Crippen MR) is 99.8 cm³/mol. The molecule has 2 N–H and O–H groups in total. The summed E-state index contributed by atoms with van der Waals surface area (Å²) in [6.07, 6.45) is 0.734. The number of aromatic nitrogens is 4. The SMILES string of the molecule is CCc1nnc(-c2[nH]c3c(c(C)cc4c5ccccc5[nH]c43)c2C)o1. The second-order valence-electron chi connectivity index (χ2n) is 6.52. The molecule has 5 nitrogen and oxygen atoms in total. The highest BCUT2D eigenvalue weighted by molar-refractivity contribution is 6.18. The molecule has 0 spiro atoms. The second-order valence-corrected chi connectivity index (χ2v) is 6.52. The lowest BCUT2D eigenvalue weighted by Crippen LogP contribution is -1.81. The van der Waals surface area contributed by atoms with Crippen molar-refractivity contribution in [3.05, 3.63) is 47.3 Å². The van der Waals surface area contributed by atoms with Gasteiger partial charge in [0.2, 0.25) is 5.89 Å². The van der Waals surface area contributed by atoms with Crippen molar-refractivity contribution in [1.29, 1.82) is 0 Å². The second kappa shape index (κ2) is 4.96. The van der Waals surface area contributed by atoms with Gasteiger partial charge in [0.25, 0.3) is 5.89 Å². The fourth-order valence-corrected chi connectivity index (χ4v) is 3.78. The van der Waals surface area contributed by atoms with Gasteiger partial charge in [0.05, 0.1) is 11.0 Å². The molecule has 5 aromatic rings. The van der Waals surface area contributed by atoms with Crippen molar-refractivity contribution in [2.24, 2.45) is 0 Å². The van der Waals surface area contributed by atoms with Crippen molar-refractivity contribution < 1.29 is 4.42 Å². The molecule has 25 heavy (non-hydrogen) atoms. The molecule has 3 heterocycles. The number of nitrogens with one attached hydrogen (secondary N) is 2. The van der Waals surface area contributed by atoms with Gasteiger partial charge in [-0.15, -0.1) is 10.2 Å². The van der Waals surface area contributed by atoms with Crippen molar-refractivity contribution in [3.63, 3.8) is 0 Å². The van der Waals surface area contributed by atoms with E-state index in [2.05, 4.69) is 64.3 Å². The highest BCUT2D eigenvalue weighted by Crippen LogP contribution is 2.37. The smallest absolute Gasteiger partial charge is 0.264 e. The quantitative estimate of drug-likeness (QED) is 0.477. The van der Waals surface area contributed by atoms with Gasteiger partial charge in [0, 0.05) is 28.1 Å². The number of nitrogens with zero attached hydrogens (tertiary/aromatic N) is 2. The number of fused-ring (bicyclic) bond motifs is 5. The van der Waals surface area contributed by atoms with Crippen LogP contribution < -0.4 is 0 Å². The largest absolute Gasteiger partial charge is 0.419 e. The van der Waals surface area contributed by atoms with Crippen molar-refractivity contribution >= 4 is 32.7 Å². The maximum Gasteiger partial charge on any atom is 0.264 e. The van der Waals surface area contributed by atoms with E-state index in [0.29, 0.717) is 11.8 Å².